The van der Waals surface area contributed by atoms with Gasteiger partial charge in [0, 0.05) is 4.79 Å². The molecule has 0 aliphatic carbocycles. The van der Waals surface area contributed by atoms with Crippen LogP contribution >= 0.6 is 0 Å². The third-order valence-electron chi connectivity index (χ3n) is 1.33. The molecule has 0 fully saturated rings. The first-order valence-electron chi connectivity index (χ1n) is 4.84. The summed E-state index contributed by atoms with van der Waals surface area (Å²) in [6.07, 6.45) is 0. The van der Waals surface area contributed by atoms with E-state index < -0.39 is 57.1 Å². The molecule has 0 aliphatic rings. The monoisotopic (exact) mass is 281 g/mol. The van der Waals surface area contributed by atoms with E-state index in [9.17, 15) is 19.2 Å². The number of carboxylic acids is 1. The predicted molar refractivity (Wildman–Crippen MR) is 54.9 cm³/mol. The number of esters is 2. The van der Waals surface area contributed by atoms with Crippen molar-refractivity contribution in [3.63, 3.8) is 0 Å². The lowest BCUT2D eigenvalue weighted by Crippen LogP contribution is -2.20. The van der Waals surface area contributed by atoms with Crippen LogP contribution in [0.4, 0.5) is 0 Å². The molecule has 108 valence electrons. The van der Waals surface area contributed by atoms with Gasteiger partial charge in [-0.2, -0.15) is 0 Å². The summed E-state index contributed by atoms with van der Waals surface area (Å²) in [5.74, 6) is -4.10. The maximum atomic E-state index is 10.8. The summed E-state index contributed by atoms with van der Waals surface area (Å²) in [6.45, 7) is -2.90. The molecule has 0 unspecified atom stereocenters. The van der Waals surface area contributed by atoms with Crippen molar-refractivity contribution in [2.45, 2.75) is 0 Å². The minimum atomic E-state index is -1.30. The molecule has 0 saturated heterocycles. The van der Waals surface area contributed by atoms with Crippen molar-refractivity contribution in [2.75, 3.05) is 33.2 Å². The zero-order chi connectivity index (χ0) is 14.7. The third kappa shape index (κ3) is 12.1. The van der Waals surface area contributed by atoms with Gasteiger partial charge in [0.2, 0.25) is 6.61 Å². The fraction of sp³-hybridized carbons (Fsp3) is 0.556. The number of aliphatic carboxylic acids is 1. The lowest BCUT2D eigenvalue weighted by molar-refractivity contribution is -0.167. The first kappa shape index (κ1) is 16.8. The molecule has 0 radical (unpaired) electrons. The maximum absolute atomic E-state index is 10.8. The molecule has 0 aliphatic heterocycles. The lowest BCUT2D eigenvalue weighted by Gasteiger charge is -2.04. The molecule has 10 nitrogen and oxygen atoms in total. The molecule has 0 saturated carbocycles. The van der Waals surface area contributed by atoms with Crippen molar-refractivity contribution >= 4 is 23.9 Å². The fourth-order valence-corrected chi connectivity index (χ4v) is 0.681. The van der Waals surface area contributed by atoms with Gasteiger partial charge in [-0.05, 0) is 0 Å². The summed E-state index contributed by atoms with van der Waals surface area (Å²) in [7, 11) is 0. The summed E-state index contributed by atoms with van der Waals surface area (Å²) in [6, 6.07) is 0. The molecule has 0 rings (SSSR count). The number of carbonyl (C=O) groups excluding carboxylic acids is 3. The fourth-order valence-electron chi connectivity index (χ4n) is 0.681. The highest BCUT2D eigenvalue weighted by atomic mass is 16.7. The van der Waals surface area contributed by atoms with E-state index in [1.165, 1.54) is 0 Å². The number of hydrogen-bond donors (Lipinski definition) is 1. The van der Waals surface area contributed by atoms with E-state index in [-0.39, 0.29) is 0 Å². The Morgan fingerprint density at radius 2 is 1.32 bits per heavy atom. The molecule has 3 N–H and O–H groups in total. The zero-order valence-electron chi connectivity index (χ0n) is 9.75. The number of carboxylic acid groups (broad SMARTS) is 1. The van der Waals surface area contributed by atoms with Crippen molar-refractivity contribution in [2.24, 2.45) is 0 Å². The van der Waals surface area contributed by atoms with Crippen LogP contribution in [0.25, 0.3) is 0 Å². The van der Waals surface area contributed by atoms with Gasteiger partial charge in [0.1, 0.15) is 20.0 Å². The van der Waals surface area contributed by atoms with Crippen LogP contribution in [0.15, 0.2) is 0 Å². The summed E-state index contributed by atoms with van der Waals surface area (Å²) in [4.78, 5) is 41.8. The molecule has 19 heavy (non-hydrogen) atoms. The van der Waals surface area contributed by atoms with Gasteiger partial charge in [0.15, 0.2) is 6.61 Å². The van der Waals surface area contributed by atoms with Crippen LogP contribution in [-0.4, -0.2) is 67.3 Å². The average Bonchev–Trinajstić information content (AvgIpc) is 2.33. The smallest absolute Gasteiger partial charge is 0.554 e. The molecule has 10 heteroatoms. The van der Waals surface area contributed by atoms with Gasteiger partial charge in [-0.1, -0.05) is 0 Å². The second-order valence-electron chi connectivity index (χ2n) is 2.95. The normalized spacial score (nSPS) is 9.68. The summed E-state index contributed by atoms with van der Waals surface area (Å²) < 4.78 is 17.7. The highest BCUT2D eigenvalue weighted by Gasteiger charge is 2.11. The molecule has 0 aromatic heterocycles. The standard InChI is InChI=1S/C9H12O10/c10-6(11)1-18-8(14)3-16-5-17-4-9(15)19-2-7(12)13/h1-5H2,(H,10,11)(H,12,13)/p+1. The van der Waals surface area contributed by atoms with Gasteiger partial charge in [-0.25, -0.2) is 14.4 Å². The van der Waals surface area contributed by atoms with Crippen molar-refractivity contribution in [3.05, 3.63) is 0 Å². The van der Waals surface area contributed by atoms with Gasteiger partial charge in [-0.15, -0.1) is 0 Å². The Balaban J connectivity index is 3.44. The lowest BCUT2D eigenvalue weighted by atomic mass is 10.7. The summed E-state index contributed by atoms with van der Waals surface area (Å²) in [5, 5.41) is 14.6. The molecule has 0 bridgehead atoms. The SMILES string of the molecule is O=C(O)COC(=O)COCOCC(=O)OCC(=O)[OH2+]. The van der Waals surface area contributed by atoms with Crippen molar-refractivity contribution < 1.29 is 48.3 Å². The highest BCUT2D eigenvalue weighted by molar-refractivity contribution is 5.76. The molecule has 0 heterocycles. The van der Waals surface area contributed by atoms with E-state index in [2.05, 4.69) is 18.9 Å². The number of hydrogen-bond acceptors (Lipinski definition) is 8. The predicted octanol–water partition coefficient (Wildman–Crippen LogP) is -2.60. The van der Waals surface area contributed by atoms with Gasteiger partial charge in [0.05, 0.1) is 0 Å². The van der Waals surface area contributed by atoms with E-state index in [0.29, 0.717) is 0 Å². The largest absolute Gasteiger partial charge is 0.562 e. The molecule has 0 aromatic rings. The Morgan fingerprint density at radius 1 is 0.842 bits per heavy atom. The first-order valence-corrected chi connectivity index (χ1v) is 4.84. The Labute approximate surface area is 106 Å². The Kier molecular flexibility index (Phi) is 8.66. The second-order valence-corrected chi connectivity index (χ2v) is 2.95. The van der Waals surface area contributed by atoms with Gasteiger partial charge in [-0.3, -0.25) is 0 Å². The Bertz CT molecular complexity index is 304. The second kappa shape index (κ2) is 9.79. The molecule has 0 atom stereocenters. The molecular formula is C9H13O10+. The van der Waals surface area contributed by atoms with Crippen molar-refractivity contribution in [1.82, 2.24) is 0 Å². The first-order chi connectivity index (χ1) is 8.91. The highest BCUT2D eigenvalue weighted by Crippen LogP contribution is 1.86. The third-order valence-corrected chi connectivity index (χ3v) is 1.33. The van der Waals surface area contributed by atoms with E-state index in [0.717, 1.165) is 0 Å². The van der Waals surface area contributed by atoms with Crippen LogP contribution in [0.1, 0.15) is 0 Å². The molecule has 0 amide bonds. The minimum absolute atomic E-state index is 0.425. The average molecular weight is 281 g/mol. The van der Waals surface area contributed by atoms with Crippen LogP contribution < -0.4 is 0 Å². The van der Waals surface area contributed by atoms with Crippen molar-refractivity contribution in [3.8, 4) is 0 Å². The summed E-state index contributed by atoms with van der Waals surface area (Å²) >= 11 is 0. The number of carbonyl (C=O) groups is 4. The van der Waals surface area contributed by atoms with Gasteiger partial charge in [0.25, 0.3) is 0 Å². The van der Waals surface area contributed by atoms with Gasteiger partial charge >= 0.3 is 23.9 Å². The van der Waals surface area contributed by atoms with E-state index >= 15 is 0 Å². The maximum Gasteiger partial charge on any atom is 0.554 e. The van der Waals surface area contributed by atoms with E-state index in [1.807, 2.05) is 0 Å². The van der Waals surface area contributed by atoms with Crippen LogP contribution in [-0.2, 0) is 38.1 Å². The molecule has 0 spiro atoms. The minimum Gasteiger partial charge on any atom is -0.562 e. The van der Waals surface area contributed by atoms with Crippen LogP contribution in [0, 0.1) is 0 Å². The van der Waals surface area contributed by atoms with Crippen LogP contribution in [0.2, 0.25) is 0 Å². The van der Waals surface area contributed by atoms with Crippen LogP contribution in [0.3, 0.4) is 0 Å². The molecular weight excluding hydrogens is 268 g/mol. The number of ether oxygens (including phenoxy) is 4. The Morgan fingerprint density at radius 3 is 1.74 bits per heavy atom. The van der Waals surface area contributed by atoms with E-state index in [4.69, 9.17) is 10.2 Å². The number of rotatable bonds is 10. The quantitative estimate of drug-likeness (QED) is 0.197. The van der Waals surface area contributed by atoms with E-state index in [1.54, 1.807) is 0 Å². The summed E-state index contributed by atoms with van der Waals surface area (Å²) in [5.41, 5.74) is 0. The van der Waals surface area contributed by atoms with Crippen LogP contribution in [0.5, 0.6) is 0 Å². The van der Waals surface area contributed by atoms with Gasteiger partial charge < -0.3 is 29.2 Å². The molecule has 0 aromatic carbocycles. The van der Waals surface area contributed by atoms with Crippen molar-refractivity contribution in [1.29, 1.82) is 0 Å². The zero-order valence-corrected chi connectivity index (χ0v) is 9.75. The Hall–Kier alpha value is -2.20. The topological polar surface area (TPSA) is 148 Å².